The Morgan fingerprint density at radius 2 is 2.21 bits per heavy atom. The number of hydrogen-bond acceptors (Lipinski definition) is 3. The zero-order chi connectivity index (χ0) is 10.7. The number of rotatable bonds is 3. The van der Waals surface area contributed by atoms with Gasteiger partial charge in [0, 0.05) is 18.3 Å². The van der Waals surface area contributed by atoms with E-state index in [1.54, 1.807) is 0 Å². The second-order valence-electron chi connectivity index (χ2n) is 2.93. The van der Waals surface area contributed by atoms with Gasteiger partial charge in [0.15, 0.2) is 0 Å². The molecule has 0 radical (unpaired) electrons. The summed E-state index contributed by atoms with van der Waals surface area (Å²) < 4.78 is 25.2. The Labute approximate surface area is 80.6 Å². The molecular weight excluding hydrogens is 190 g/mol. The van der Waals surface area contributed by atoms with Crippen molar-refractivity contribution in [1.29, 1.82) is 0 Å². The van der Waals surface area contributed by atoms with Crippen LogP contribution in [-0.4, -0.2) is 10.1 Å². The Hall–Kier alpha value is -1.07. The summed E-state index contributed by atoms with van der Waals surface area (Å²) >= 11 is 0. The molecule has 0 aliphatic carbocycles. The van der Waals surface area contributed by atoms with Crippen LogP contribution in [0.5, 0.6) is 0 Å². The normalized spacial score (nSPS) is 11.0. The first-order valence-electron chi connectivity index (χ1n) is 4.18. The van der Waals surface area contributed by atoms with Gasteiger partial charge in [-0.1, -0.05) is 0 Å². The maximum absolute atomic E-state index is 12.6. The Morgan fingerprint density at radius 3 is 2.64 bits per heavy atom. The molecule has 0 aliphatic rings. The maximum Gasteiger partial charge on any atom is 0.265 e. The number of aromatic nitrogens is 1. The summed E-state index contributed by atoms with van der Waals surface area (Å²) in [4.78, 5) is 3.79. The van der Waals surface area contributed by atoms with Gasteiger partial charge in [0.1, 0.15) is 0 Å². The molecule has 1 heterocycles. The molecule has 1 aromatic heterocycles. The van der Waals surface area contributed by atoms with Crippen LogP contribution in [0.4, 0.5) is 8.78 Å². The predicted molar refractivity (Wildman–Crippen MR) is 47.7 cm³/mol. The highest BCUT2D eigenvalue weighted by Gasteiger charge is 2.18. The standard InChI is InChI=1S/C9H12F2N2O/c1-5-6(4-14)3-13-7(2-12)8(5)9(10)11/h3,9,14H,2,4,12H2,1H3. The highest BCUT2D eigenvalue weighted by Crippen LogP contribution is 2.27. The molecule has 1 rings (SSSR count). The molecule has 78 valence electrons. The van der Waals surface area contributed by atoms with Gasteiger partial charge in [-0.3, -0.25) is 4.98 Å². The molecule has 3 N–H and O–H groups in total. The highest BCUT2D eigenvalue weighted by molar-refractivity contribution is 5.36. The fraction of sp³-hybridized carbons (Fsp3) is 0.444. The monoisotopic (exact) mass is 202 g/mol. The molecule has 0 bridgehead atoms. The fourth-order valence-corrected chi connectivity index (χ4v) is 1.32. The minimum absolute atomic E-state index is 0.0216. The molecule has 0 aliphatic heterocycles. The molecule has 3 nitrogen and oxygen atoms in total. The molecule has 0 fully saturated rings. The number of alkyl halides is 2. The lowest BCUT2D eigenvalue weighted by molar-refractivity contribution is 0.148. The van der Waals surface area contributed by atoms with E-state index in [9.17, 15) is 8.78 Å². The van der Waals surface area contributed by atoms with Crippen molar-refractivity contribution in [3.05, 3.63) is 28.6 Å². The Bertz CT molecular complexity index is 329. The first-order chi connectivity index (χ1) is 6.61. The van der Waals surface area contributed by atoms with Crippen LogP contribution in [0.1, 0.15) is 28.8 Å². The number of aliphatic hydroxyl groups excluding tert-OH is 1. The van der Waals surface area contributed by atoms with E-state index in [0.29, 0.717) is 11.1 Å². The summed E-state index contributed by atoms with van der Waals surface area (Å²) in [5.74, 6) is 0. The van der Waals surface area contributed by atoms with Crippen LogP contribution in [0.15, 0.2) is 6.20 Å². The van der Waals surface area contributed by atoms with Gasteiger partial charge in [-0.05, 0) is 18.1 Å². The smallest absolute Gasteiger partial charge is 0.265 e. The zero-order valence-electron chi connectivity index (χ0n) is 7.80. The van der Waals surface area contributed by atoms with Gasteiger partial charge in [-0.15, -0.1) is 0 Å². The van der Waals surface area contributed by atoms with Crippen molar-refractivity contribution in [2.75, 3.05) is 0 Å². The molecule has 0 aromatic carbocycles. The molecule has 1 aromatic rings. The predicted octanol–water partition coefficient (Wildman–Crippen LogP) is 1.28. The fourth-order valence-electron chi connectivity index (χ4n) is 1.32. The van der Waals surface area contributed by atoms with Crippen molar-refractivity contribution in [2.24, 2.45) is 5.73 Å². The first kappa shape index (κ1) is 11.0. The Morgan fingerprint density at radius 1 is 1.57 bits per heavy atom. The van der Waals surface area contributed by atoms with E-state index in [2.05, 4.69) is 4.98 Å². The number of nitrogens with zero attached hydrogens (tertiary/aromatic N) is 1. The lowest BCUT2D eigenvalue weighted by Crippen LogP contribution is -2.09. The van der Waals surface area contributed by atoms with E-state index in [1.165, 1.54) is 13.1 Å². The molecule has 0 unspecified atom stereocenters. The van der Waals surface area contributed by atoms with E-state index in [1.807, 2.05) is 0 Å². The van der Waals surface area contributed by atoms with E-state index >= 15 is 0 Å². The van der Waals surface area contributed by atoms with Gasteiger partial charge in [0.25, 0.3) is 6.43 Å². The second kappa shape index (κ2) is 4.43. The van der Waals surface area contributed by atoms with Crippen LogP contribution >= 0.6 is 0 Å². The Balaban J connectivity index is 3.31. The summed E-state index contributed by atoms with van der Waals surface area (Å²) in [7, 11) is 0. The van der Waals surface area contributed by atoms with Crippen LogP contribution in [0.3, 0.4) is 0 Å². The highest BCUT2D eigenvalue weighted by atomic mass is 19.3. The molecule has 0 amide bonds. The van der Waals surface area contributed by atoms with Gasteiger partial charge < -0.3 is 10.8 Å². The summed E-state index contributed by atoms with van der Waals surface area (Å²) in [6.07, 6.45) is -1.23. The number of hydrogen-bond donors (Lipinski definition) is 2. The Kier molecular flexibility index (Phi) is 3.49. The van der Waals surface area contributed by atoms with Gasteiger partial charge in [-0.25, -0.2) is 8.78 Å². The quantitative estimate of drug-likeness (QED) is 0.776. The molecule has 0 saturated heterocycles. The van der Waals surface area contributed by atoms with Crippen molar-refractivity contribution in [2.45, 2.75) is 26.5 Å². The van der Waals surface area contributed by atoms with Crippen LogP contribution < -0.4 is 5.73 Å². The second-order valence-corrected chi connectivity index (χ2v) is 2.93. The van der Waals surface area contributed by atoms with Gasteiger partial charge >= 0.3 is 0 Å². The number of pyridine rings is 1. The SMILES string of the molecule is Cc1c(CO)cnc(CN)c1C(F)F. The molecule has 0 atom stereocenters. The number of halogens is 2. The minimum atomic E-state index is -2.60. The molecule has 5 heteroatoms. The molecule has 14 heavy (non-hydrogen) atoms. The minimum Gasteiger partial charge on any atom is -0.392 e. The van der Waals surface area contributed by atoms with Gasteiger partial charge in [-0.2, -0.15) is 0 Å². The molecule has 0 saturated carbocycles. The zero-order valence-corrected chi connectivity index (χ0v) is 7.80. The van der Waals surface area contributed by atoms with Crippen molar-refractivity contribution in [3.63, 3.8) is 0 Å². The first-order valence-corrected chi connectivity index (χ1v) is 4.18. The van der Waals surface area contributed by atoms with Crippen molar-refractivity contribution in [1.82, 2.24) is 4.98 Å². The molecular formula is C9H12F2N2O. The van der Waals surface area contributed by atoms with Crippen molar-refractivity contribution < 1.29 is 13.9 Å². The molecule has 0 spiro atoms. The third-order valence-electron chi connectivity index (χ3n) is 2.15. The third kappa shape index (κ3) is 1.88. The van der Waals surface area contributed by atoms with E-state index in [-0.39, 0.29) is 24.4 Å². The van der Waals surface area contributed by atoms with Crippen LogP contribution in [0.2, 0.25) is 0 Å². The summed E-state index contributed by atoms with van der Waals surface area (Å²) in [6.45, 7) is 1.23. The van der Waals surface area contributed by atoms with E-state index < -0.39 is 6.43 Å². The van der Waals surface area contributed by atoms with Crippen LogP contribution in [-0.2, 0) is 13.2 Å². The average Bonchev–Trinajstić information content (AvgIpc) is 2.16. The largest absolute Gasteiger partial charge is 0.392 e. The summed E-state index contributed by atoms with van der Waals surface area (Å²) in [6, 6.07) is 0. The number of aliphatic hydroxyl groups is 1. The van der Waals surface area contributed by atoms with Gasteiger partial charge in [0.2, 0.25) is 0 Å². The summed E-state index contributed by atoms with van der Waals surface area (Å²) in [5.41, 5.74) is 6.11. The maximum atomic E-state index is 12.6. The lowest BCUT2D eigenvalue weighted by atomic mass is 10.0. The van der Waals surface area contributed by atoms with Crippen LogP contribution in [0, 0.1) is 6.92 Å². The van der Waals surface area contributed by atoms with Gasteiger partial charge in [0.05, 0.1) is 12.3 Å². The van der Waals surface area contributed by atoms with Crippen molar-refractivity contribution in [3.8, 4) is 0 Å². The third-order valence-corrected chi connectivity index (χ3v) is 2.15. The van der Waals surface area contributed by atoms with E-state index in [0.717, 1.165) is 0 Å². The van der Waals surface area contributed by atoms with Crippen molar-refractivity contribution >= 4 is 0 Å². The summed E-state index contributed by atoms with van der Waals surface area (Å²) in [5, 5.41) is 8.87. The topological polar surface area (TPSA) is 59.1 Å². The number of nitrogens with two attached hydrogens (primary N) is 1. The van der Waals surface area contributed by atoms with E-state index in [4.69, 9.17) is 10.8 Å². The lowest BCUT2D eigenvalue weighted by Gasteiger charge is -2.12. The van der Waals surface area contributed by atoms with Crippen LogP contribution in [0.25, 0.3) is 0 Å². The average molecular weight is 202 g/mol.